The zero-order valence-corrected chi connectivity index (χ0v) is 22.9. The van der Waals surface area contributed by atoms with E-state index in [-0.39, 0.29) is 23.8 Å². The number of nitrogens with one attached hydrogen (secondary N) is 2. The van der Waals surface area contributed by atoms with Crippen LogP contribution >= 0.6 is 0 Å². The molecule has 5 rings (SSSR count). The van der Waals surface area contributed by atoms with Crippen LogP contribution in [0.25, 0.3) is 0 Å². The third-order valence-corrected chi connectivity index (χ3v) is 8.06. The molecule has 2 amide bonds. The van der Waals surface area contributed by atoms with Crippen molar-refractivity contribution in [3.05, 3.63) is 30.0 Å². The molecule has 0 spiro atoms. The van der Waals surface area contributed by atoms with Gasteiger partial charge in [-0.05, 0) is 51.1 Å². The van der Waals surface area contributed by atoms with Crippen LogP contribution in [0.3, 0.4) is 0 Å². The third-order valence-electron chi connectivity index (χ3n) is 8.06. The number of ether oxygens (including phenoxy) is 1. The number of anilines is 4. The van der Waals surface area contributed by atoms with E-state index >= 15 is 0 Å². The molecule has 10 heteroatoms. The maximum atomic E-state index is 13.0. The predicted octanol–water partition coefficient (Wildman–Crippen LogP) is 3.41. The van der Waals surface area contributed by atoms with Gasteiger partial charge in [0, 0.05) is 37.8 Å². The molecule has 2 N–H and O–H groups in total. The number of likely N-dealkylation sites (N-methyl/N-ethyl adjacent to an activating group) is 1. The number of benzene rings is 1. The SMILES string of the molecule is COc1cc(C(=O)NC2CCN(C)C2)ccc1Nc1ncc2c(n1)N(C1CCCCC1)CC(C)C(=O)N2C. The molecule has 1 aliphatic carbocycles. The Morgan fingerprint density at radius 1 is 1.11 bits per heavy atom. The van der Waals surface area contributed by atoms with Crippen molar-refractivity contribution in [2.75, 3.05) is 56.0 Å². The minimum absolute atomic E-state index is 0.0775. The highest BCUT2D eigenvalue weighted by Gasteiger charge is 2.34. The number of amides is 2. The minimum atomic E-state index is -0.129. The second kappa shape index (κ2) is 11.1. The van der Waals surface area contributed by atoms with Crippen LogP contribution in [0.5, 0.6) is 5.75 Å². The molecule has 2 atom stereocenters. The molecule has 10 nitrogen and oxygen atoms in total. The lowest BCUT2D eigenvalue weighted by atomic mass is 9.93. The highest BCUT2D eigenvalue weighted by molar-refractivity contribution is 5.99. The average molecular weight is 522 g/mol. The molecule has 3 heterocycles. The van der Waals surface area contributed by atoms with E-state index in [1.165, 1.54) is 19.3 Å². The topological polar surface area (TPSA) is 103 Å². The Balaban J connectivity index is 1.40. The molecule has 2 unspecified atom stereocenters. The molecular formula is C28H39N7O3. The van der Waals surface area contributed by atoms with Gasteiger partial charge in [-0.25, -0.2) is 4.98 Å². The van der Waals surface area contributed by atoms with Gasteiger partial charge in [-0.15, -0.1) is 0 Å². The summed E-state index contributed by atoms with van der Waals surface area (Å²) in [7, 11) is 5.44. The second-order valence-electron chi connectivity index (χ2n) is 10.9. The lowest BCUT2D eigenvalue weighted by Gasteiger charge is -2.35. The van der Waals surface area contributed by atoms with Gasteiger partial charge in [-0.1, -0.05) is 26.2 Å². The second-order valence-corrected chi connectivity index (χ2v) is 10.9. The number of carbonyl (C=O) groups is 2. The number of aromatic nitrogens is 2. The van der Waals surface area contributed by atoms with Gasteiger partial charge in [-0.3, -0.25) is 9.59 Å². The average Bonchev–Trinajstić information content (AvgIpc) is 3.31. The van der Waals surface area contributed by atoms with Crippen molar-refractivity contribution >= 4 is 35.0 Å². The van der Waals surface area contributed by atoms with Crippen LogP contribution in [0.15, 0.2) is 24.4 Å². The van der Waals surface area contributed by atoms with E-state index in [1.807, 2.05) is 13.0 Å². The summed E-state index contributed by atoms with van der Waals surface area (Å²) >= 11 is 0. The molecule has 1 aromatic heterocycles. The fourth-order valence-electron chi connectivity index (χ4n) is 5.88. The van der Waals surface area contributed by atoms with Crippen LogP contribution in [0.4, 0.5) is 23.1 Å². The molecule has 0 radical (unpaired) electrons. The Labute approximate surface area is 224 Å². The molecule has 1 saturated carbocycles. The largest absolute Gasteiger partial charge is 0.495 e. The van der Waals surface area contributed by atoms with Crippen LogP contribution in [0.2, 0.25) is 0 Å². The molecule has 38 heavy (non-hydrogen) atoms. The summed E-state index contributed by atoms with van der Waals surface area (Å²) in [5.74, 6) is 1.58. The van der Waals surface area contributed by atoms with E-state index in [9.17, 15) is 9.59 Å². The summed E-state index contributed by atoms with van der Waals surface area (Å²) in [4.78, 5) is 41.5. The molecule has 2 fully saturated rings. The maximum absolute atomic E-state index is 13.0. The van der Waals surface area contributed by atoms with Gasteiger partial charge < -0.3 is 30.1 Å². The first-order chi connectivity index (χ1) is 18.3. The molecule has 1 aromatic carbocycles. The molecule has 0 bridgehead atoms. The lowest BCUT2D eigenvalue weighted by Crippen LogP contribution is -2.41. The Morgan fingerprint density at radius 2 is 1.89 bits per heavy atom. The summed E-state index contributed by atoms with van der Waals surface area (Å²) in [6.45, 7) is 4.47. The molecule has 2 aromatic rings. The van der Waals surface area contributed by atoms with E-state index < -0.39 is 0 Å². The van der Waals surface area contributed by atoms with Crippen molar-refractivity contribution in [2.45, 2.75) is 57.5 Å². The van der Waals surface area contributed by atoms with E-state index in [1.54, 1.807) is 37.4 Å². The summed E-state index contributed by atoms with van der Waals surface area (Å²) < 4.78 is 5.62. The van der Waals surface area contributed by atoms with Crippen molar-refractivity contribution in [1.29, 1.82) is 0 Å². The van der Waals surface area contributed by atoms with Crippen molar-refractivity contribution in [2.24, 2.45) is 5.92 Å². The lowest BCUT2D eigenvalue weighted by molar-refractivity contribution is -0.121. The number of likely N-dealkylation sites (tertiary alicyclic amines) is 1. The first-order valence-corrected chi connectivity index (χ1v) is 13.7. The highest BCUT2D eigenvalue weighted by atomic mass is 16.5. The fourth-order valence-corrected chi connectivity index (χ4v) is 5.88. The number of hydrogen-bond donors (Lipinski definition) is 2. The monoisotopic (exact) mass is 521 g/mol. The van der Waals surface area contributed by atoms with Crippen molar-refractivity contribution < 1.29 is 14.3 Å². The Morgan fingerprint density at radius 3 is 2.61 bits per heavy atom. The number of carbonyl (C=O) groups excluding carboxylic acids is 2. The Kier molecular flexibility index (Phi) is 7.69. The number of fused-ring (bicyclic) bond motifs is 1. The van der Waals surface area contributed by atoms with Gasteiger partial charge in [-0.2, -0.15) is 4.98 Å². The van der Waals surface area contributed by atoms with Gasteiger partial charge in [0.05, 0.1) is 24.9 Å². The molecular weight excluding hydrogens is 482 g/mol. The Hall–Kier alpha value is -3.40. The van der Waals surface area contributed by atoms with Crippen LogP contribution in [0.1, 0.15) is 55.8 Å². The standard InChI is InChI=1S/C28H39N7O3/c1-18-16-35(21-8-6-5-7-9-21)25-23(34(3)27(18)37)15-29-28(32-25)31-22-11-10-19(14-24(22)38-4)26(36)30-20-12-13-33(2)17-20/h10-11,14-15,18,20-21H,5-9,12-13,16-17H2,1-4H3,(H,30,36)(H,29,31,32). The van der Waals surface area contributed by atoms with E-state index in [0.717, 1.165) is 43.9 Å². The predicted molar refractivity (Wildman–Crippen MR) is 148 cm³/mol. The van der Waals surface area contributed by atoms with Gasteiger partial charge >= 0.3 is 0 Å². The maximum Gasteiger partial charge on any atom is 0.251 e. The molecule has 1 saturated heterocycles. The first kappa shape index (κ1) is 26.2. The number of methoxy groups -OCH3 is 1. The Bertz CT molecular complexity index is 1180. The number of nitrogens with zero attached hydrogens (tertiary/aromatic N) is 5. The quantitative estimate of drug-likeness (QED) is 0.596. The van der Waals surface area contributed by atoms with Gasteiger partial charge in [0.15, 0.2) is 5.82 Å². The van der Waals surface area contributed by atoms with Crippen molar-refractivity contribution in [3.8, 4) is 5.75 Å². The zero-order chi connectivity index (χ0) is 26.8. The molecule has 204 valence electrons. The van der Waals surface area contributed by atoms with E-state index in [0.29, 0.717) is 35.5 Å². The summed E-state index contributed by atoms with van der Waals surface area (Å²) in [6.07, 6.45) is 8.53. The summed E-state index contributed by atoms with van der Waals surface area (Å²) in [6, 6.07) is 5.86. The third kappa shape index (κ3) is 5.41. The van der Waals surface area contributed by atoms with Gasteiger partial charge in [0.25, 0.3) is 5.91 Å². The van der Waals surface area contributed by atoms with Gasteiger partial charge in [0.2, 0.25) is 11.9 Å². The molecule has 2 aliphatic heterocycles. The summed E-state index contributed by atoms with van der Waals surface area (Å²) in [5, 5.41) is 6.40. The first-order valence-electron chi connectivity index (χ1n) is 13.7. The number of rotatable bonds is 6. The zero-order valence-electron chi connectivity index (χ0n) is 22.9. The van der Waals surface area contributed by atoms with Crippen LogP contribution in [-0.2, 0) is 4.79 Å². The van der Waals surface area contributed by atoms with Crippen LogP contribution in [-0.4, -0.2) is 79.6 Å². The van der Waals surface area contributed by atoms with Crippen LogP contribution in [0, 0.1) is 5.92 Å². The fraction of sp³-hybridized carbons (Fsp3) is 0.571. The minimum Gasteiger partial charge on any atom is -0.495 e. The smallest absolute Gasteiger partial charge is 0.251 e. The summed E-state index contributed by atoms with van der Waals surface area (Å²) in [5.41, 5.74) is 1.94. The number of hydrogen-bond acceptors (Lipinski definition) is 8. The van der Waals surface area contributed by atoms with Crippen molar-refractivity contribution in [3.63, 3.8) is 0 Å². The van der Waals surface area contributed by atoms with E-state index in [2.05, 4.69) is 32.5 Å². The van der Waals surface area contributed by atoms with E-state index in [4.69, 9.17) is 9.72 Å². The molecule has 3 aliphatic rings. The van der Waals surface area contributed by atoms with Crippen molar-refractivity contribution in [1.82, 2.24) is 20.2 Å². The van der Waals surface area contributed by atoms with Gasteiger partial charge in [0.1, 0.15) is 11.4 Å². The van der Waals surface area contributed by atoms with Crippen LogP contribution < -0.4 is 25.2 Å². The normalized spacial score (nSPS) is 22.7. The highest BCUT2D eigenvalue weighted by Crippen LogP contribution is 2.37.